The highest BCUT2D eigenvalue weighted by Gasteiger charge is 2.48. The van der Waals surface area contributed by atoms with Crippen molar-refractivity contribution in [2.24, 2.45) is 5.41 Å². The number of likely N-dealkylation sites (tertiary alicyclic amines) is 1. The third kappa shape index (κ3) is 2.83. The Bertz CT molecular complexity index is 735. The number of nitrogens with zero attached hydrogens (tertiary/aromatic N) is 2. The molecule has 1 spiro atoms. The van der Waals surface area contributed by atoms with E-state index in [-0.39, 0.29) is 11.3 Å². The Hall–Kier alpha value is -1.59. The van der Waals surface area contributed by atoms with Crippen LogP contribution in [-0.4, -0.2) is 30.4 Å². The van der Waals surface area contributed by atoms with Crippen molar-refractivity contribution >= 4 is 22.2 Å². The van der Waals surface area contributed by atoms with E-state index >= 15 is 0 Å². The van der Waals surface area contributed by atoms with Gasteiger partial charge in [-0.15, -0.1) is 11.3 Å². The molecule has 2 fully saturated rings. The summed E-state index contributed by atoms with van der Waals surface area (Å²) in [6, 6.07) is 8.25. The molecule has 5 heteroatoms. The molecule has 23 heavy (non-hydrogen) atoms. The van der Waals surface area contributed by atoms with Gasteiger partial charge in [0.25, 0.3) is 0 Å². The molecule has 1 atom stereocenters. The zero-order valence-electron chi connectivity index (χ0n) is 13.7. The van der Waals surface area contributed by atoms with E-state index in [4.69, 9.17) is 4.42 Å². The van der Waals surface area contributed by atoms with Crippen LogP contribution in [0.15, 0.2) is 28.7 Å². The average Bonchev–Trinajstić information content (AvgIpc) is 3.23. The molecule has 0 saturated carbocycles. The Labute approximate surface area is 140 Å². The van der Waals surface area contributed by atoms with Gasteiger partial charge in [-0.1, -0.05) is 0 Å². The van der Waals surface area contributed by atoms with E-state index in [9.17, 15) is 4.79 Å². The van der Waals surface area contributed by atoms with E-state index in [1.807, 2.05) is 17.9 Å². The molecule has 4 heterocycles. The van der Waals surface area contributed by atoms with Crippen LogP contribution < -0.4 is 4.90 Å². The maximum Gasteiger partial charge on any atom is 0.228 e. The van der Waals surface area contributed by atoms with Gasteiger partial charge in [0, 0.05) is 29.8 Å². The summed E-state index contributed by atoms with van der Waals surface area (Å²) in [6.45, 7) is 7.81. The van der Waals surface area contributed by atoms with Gasteiger partial charge >= 0.3 is 0 Å². The van der Waals surface area contributed by atoms with Crippen LogP contribution >= 0.6 is 11.3 Å². The van der Waals surface area contributed by atoms with Gasteiger partial charge in [0.15, 0.2) is 0 Å². The summed E-state index contributed by atoms with van der Waals surface area (Å²) in [7, 11) is 0. The van der Waals surface area contributed by atoms with Crippen molar-refractivity contribution in [2.45, 2.75) is 33.2 Å². The molecule has 2 aromatic rings. The van der Waals surface area contributed by atoms with E-state index in [0.717, 1.165) is 49.1 Å². The first kappa shape index (κ1) is 15.0. The third-order valence-electron chi connectivity index (χ3n) is 5.01. The summed E-state index contributed by atoms with van der Waals surface area (Å²) in [5, 5.41) is 1.10. The predicted molar refractivity (Wildman–Crippen MR) is 91.8 cm³/mol. The van der Waals surface area contributed by atoms with Gasteiger partial charge in [0.1, 0.15) is 11.5 Å². The Morgan fingerprint density at radius 1 is 1.22 bits per heavy atom. The summed E-state index contributed by atoms with van der Waals surface area (Å²) in [5.41, 5.74) is 0.122. The third-order valence-corrected chi connectivity index (χ3v) is 6.03. The highest BCUT2D eigenvalue weighted by Crippen LogP contribution is 2.43. The molecule has 4 nitrogen and oxygen atoms in total. The molecule has 122 valence electrons. The molecule has 0 N–H and O–H groups in total. The van der Waals surface area contributed by atoms with Crippen LogP contribution in [0.25, 0.3) is 0 Å². The van der Waals surface area contributed by atoms with Gasteiger partial charge in [0.2, 0.25) is 5.91 Å². The number of rotatable bonds is 3. The maximum absolute atomic E-state index is 12.5. The van der Waals surface area contributed by atoms with Crippen LogP contribution in [0.5, 0.6) is 0 Å². The van der Waals surface area contributed by atoms with Gasteiger partial charge in [-0.25, -0.2) is 0 Å². The number of furan rings is 1. The minimum atomic E-state index is 0.122. The summed E-state index contributed by atoms with van der Waals surface area (Å²) >= 11 is 1.71. The van der Waals surface area contributed by atoms with Gasteiger partial charge in [-0.3, -0.25) is 9.69 Å². The fourth-order valence-electron chi connectivity index (χ4n) is 3.89. The number of hydrogen-bond donors (Lipinski definition) is 0. The van der Waals surface area contributed by atoms with Crippen LogP contribution in [0.2, 0.25) is 0 Å². The molecule has 1 amide bonds. The fraction of sp³-hybridized carbons (Fsp3) is 0.500. The van der Waals surface area contributed by atoms with Crippen molar-refractivity contribution in [1.82, 2.24) is 4.90 Å². The van der Waals surface area contributed by atoms with Crippen molar-refractivity contribution in [2.75, 3.05) is 24.5 Å². The van der Waals surface area contributed by atoms with Gasteiger partial charge in [-0.2, -0.15) is 0 Å². The predicted octanol–water partition coefficient (Wildman–Crippen LogP) is 3.59. The zero-order valence-corrected chi connectivity index (χ0v) is 14.5. The van der Waals surface area contributed by atoms with Gasteiger partial charge < -0.3 is 9.32 Å². The van der Waals surface area contributed by atoms with Crippen LogP contribution in [0.3, 0.4) is 0 Å². The maximum atomic E-state index is 12.5. The lowest BCUT2D eigenvalue weighted by Gasteiger charge is -2.23. The summed E-state index contributed by atoms with van der Waals surface area (Å²) < 4.78 is 5.69. The quantitative estimate of drug-likeness (QED) is 0.863. The number of carbonyl (C=O) groups is 1. The van der Waals surface area contributed by atoms with Crippen molar-refractivity contribution in [3.8, 4) is 0 Å². The molecule has 2 aliphatic rings. The van der Waals surface area contributed by atoms with Crippen molar-refractivity contribution in [3.05, 3.63) is 40.7 Å². The van der Waals surface area contributed by atoms with Crippen LogP contribution in [0.1, 0.15) is 29.2 Å². The van der Waals surface area contributed by atoms with Gasteiger partial charge in [0.05, 0.1) is 11.5 Å². The van der Waals surface area contributed by atoms with E-state index in [0.29, 0.717) is 6.42 Å². The first-order chi connectivity index (χ1) is 11.0. The molecule has 0 aromatic carbocycles. The Balaban J connectivity index is 1.45. The topological polar surface area (TPSA) is 36.7 Å². The molecule has 0 aliphatic carbocycles. The summed E-state index contributed by atoms with van der Waals surface area (Å²) in [4.78, 5) is 18.2. The standard InChI is InChI=1S/C18H22N2O2S/c1-13-3-5-15(22-13)10-19-8-7-18(11-19)9-16(21)20(12-18)17-6-4-14(2)23-17/h3-6H,7-12H2,1-2H3/t18-/m0/s1. The Morgan fingerprint density at radius 2 is 2.09 bits per heavy atom. The second-order valence-electron chi connectivity index (χ2n) is 7.01. The van der Waals surface area contributed by atoms with E-state index in [1.165, 1.54) is 4.88 Å². The molecule has 0 unspecified atom stereocenters. The normalized spacial score (nSPS) is 25.1. The van der Waals surface area contributed by atoms with E-state index < -0.39 is 0 Å². The molecule has 4 rings (SSSR count). The van der Waals surface area contributed by atoms with Gasteiger partial charge in [-0.05, 0) is 51.1 Å². The lowest BCUT2D eigenvalue weighted by atomic mass is 9.86. The number of carbonyl (C=O) groups excluding carboxylic acids is 1. The largest absolute Gasteiger partial charge is 0.465 e. The molecule has 2 saturated heterocycles. The second kappa shape index (κ2) is 5.49. The monoisotopic (exact) mass is 330 g/mol. The molecule has 2 aliphatic heterocycles. The number of anilines is 1. The lowest BCUT2D eigenvalue weighted by molar-refractivity contribution is -0.117. The molecular weight excluding hydrogens is 308 g/mol. The molecule has 2 aromatic heterocycles. The minimum Gasteiger partial charge on any atom is -0.465 e. The van der Waals surface area contributed by atoms with Crippen molar-refractivity contribution in [1.29, 1.82) is 0 Å². The zero-order chi connectivity index (χ0) is 16.0. The second-order valence-corrected chi connectivity index (χ2v) is 8.28. The Kier molecular flexibility index (Phi) is 3.58. The van der Waals surface area contributed by atoms with Crippen LogP contribution in [0, 0.1) is 19.3 Å². The average molecular weight is 330 g/mol. The number of thiophene rings is 1. The summed E-state index contributed by atoms with van der Waals surface area (Å²) in [5.74, 6) is 2.27. The molecule has 0 radical (unpaired) electrons. The van der Waals surface area contributed by atoms with Crippen molar-refractivity contribution < 1.29 is 9.21 Å². The number of amides is 1. The first-order valence-electron chi connectivity index (χ1n) is 8.18. The lowest BCUT2D eigenvalue weighted by Crippen LogP contribution is -2.30. The first-order valence-corrected chi connectivity index (χ1v) is 8.99. The number of hydrogen-bond acceptors (Lipinski definition) is 4. The smallest absolute Gasteiger partial charge is 0.228 e. The van der Waals surface area contributed by atoms with Crippen LogP contribution in [-0.2, 0) is 11.3 Å². The number of aryl methyl sites for hydroxylation is 2. The minimum absolute atomic E-state index is 0.122. The highest BCUT2D eigenvalue weighted by molar-refractivity contribution is 7.16. The van der Waals surface area contributed by atoms with Crippen molar-refractivity contribution in [3.63, 3.8) is 0 Å². The SMILES string of the molecule is Cc1ccc(CN2CC[C@]3(CC(=O)N(c4ccc(C)s4)C3)C2)o1. The Morgan fingerprint density at radius 3 is 2.78 bits per heavy atom. The molecular formula is C18H22N2O2S. The summed E-state index contributed by atoms with van der Waals surface area (Å²) in [6.07, 6.45) is 1.77. The van der Waals surface area contributed by atoms with Crippen LogP contribution in [0.4, 0.5) is 5.00 Å². The highest BCUT2D eigenvalue weighted by atomic mass is 32.1. The molecule has 0 bridgehead atoms. The van der Waals surface area contributed by atoms with E-state index in [2.05, 4.69) is 30.0 Å². The van der Waals surface area contributed by atoms with E-state index in [1.54, 1.807) is 11.3 Å². The fourth-order valence-corrected chi connectivity index (χ4v) is 4.77.